The molecular weight excluding hydrogens is 334 g/mol. The van der Waals surface area contributed by atoms with Gasteiger partial charge in [-0.3, -0.25) is 0 Å². The number of halogens is 1. The van der Waals surface area contributed by atoms with E-state index >= 15 is 0 Å². The number of alkyl halides is 1. The van der Waals surface area contributed by atoms with Crippen LogP contribution >= 0.6 is 11.6 Å². The van der Waals surface area contributed by atoms with Crippen molar-refractivity contribution in [2.75, 3.05) is 11.5 Å². The molecule has 1 heterocycles. The topological polar surface area (TPSA) is 80.3 Å². The maximum Gasteiger partial charge on any atom is 0.240 e. The van der Waals surface area contributed by atoms with Gasteiger partial charge in [0.1, 0.15) is 0 Å². The quantitative estimate of drug-likeness (QED) is 0.833. The molecule has 0 saturated carbocycles. The molecule has 0 unspecified atom stereocenters. The molecule has 0 aliphatic carbocycles. The molecule has 0 spiro atoms. The van der Waals surface area contributed by atoms with Gasteiger partial charge in [-0.1, -0.05) is 26.0 Å². The van der Waals surface area contributed by atoms with E-state index < -0.39 is 31.3 Å². The molecule has 2 atom stereocenters. The molecule has 1 aromatic rings. The van der Waals surface area contributed by atoms with Gasteiger partial charge in [-0.25, -0.2) is 21.6 Å². The highest BCUT2D eigenvalue weighted by atomic mass is 35.5. The summed E-state index contributed by atoms with van der Waals surface area (Å²) in [6, 6.07) is 5.76. The number of sulfonamides is 1. The lowest BCUT2D eigenvalue weighted by Crippen LogP contribution is -2.40. The molecule has 0 aromatic heterocycles. The Hall–Kier alpha value is -0.630. The molecule has 1 aromatic carbocycles. The standard InChI is InChI=1S/C13H18ClNO4S2/c1-9(2)10-3-5-11(6-4-10)21(18,19)15-13-8-20(16,17)7-12(13)14/h3-6,9,12-13,15H,7-8H2,1-2H3/t12-,13-/m1/s1. The second kappa shape index (κ2) is 5.87. The zero-order valence-corrected chi connectivity index (χ0v) is 14.2. The van der Waals surface area contributed by atoms with Crippen molar-refractivity contribution in [3.63, 3.8) is 0 Å². The van der Waals surface area contributed by atoms with Gasteiger partial charge in [-0.15, -0.1) is 11.6 Å². The van der Waals surface area contributed by atoms with Crippen molar-refractivity contribution in [1.29, 1.82) is 0 Å². The van der Waals surface area contributed by atoms with Crippen LogP contribution in [0.15, 0.2) is 29.2 Å². The number of hydrogen-bond acceptors (Lipinski definition) is 4. The summed E-state index contributed by atoms with van der Waals surface area (Å²) in [5.74, 6) is -0.152. The van der Waals surface area contributed by atoms with E-state index in [1.165, 1.54) is 12.1 Å². The largest absolute Gasteiger partial charge is 0.240 e. The van der Waals surface area contributed by atoms with E-state index in [1.54, 1.807) is 12.1 Å². The van der Waals surface area contributed by atoms with Crippen molar-refractivity contribution in [2.24, 2.45) is 0 Å². The third-order valence-corrected chi connectivity index (χ3v) is 7.33. The molecule has 0 amide bonds. The average Bonchev–Trinajstić information content (AvgIpc) is 2.61. The highest BCUT2D eigenvalue weighted by molar-refractivity contribution is 7.92. The number of benzene rings is 1. The van der Waals surface area contributed by atoms with Gasteiger partial charge in [0.05, 0.1) is 27.8 Å². The van der Waals surface area contributed by atoms with Gasteiger partial charge < -0.3 is 0 Å². The second-order valence-corrected chi connectivity index (χ2v) is 9.97. The molecule has 1 N–H and O–H groups in total. The van der Waals surface area contributed by atoms with Gasteiger partial charge in [-0.2, -0.15) is 0 Å². The van der Waals surface area contributed by atoms with Crippen molar-refractivity contribution in [3.8, 4) is 0 Å². The summed E-state index contributed by atoms with van der Waals surface area (Å²) in [6.45, 7) is 4.03. The molecule has 5 nitrogen and oxygen atoms in total. The maximum absolute atomic E-state index is 12.3. The maximum atomic E-state index is 12.3. The molecule has 1 saturated heterocycles. The van der Waals surface area contributed by atoms with Gasteiger partial charge in [0.25, 0.3) is 0 Å². The van der Waals surface area contributed by atoms with E-state index in [9.17, 15) is 16.8 Å². The summed E-state index contributed by atoms with van der Waals surface area (Å²) in [7, 11) is -7.04. The molecule has 1 fully saturated rings. The van der Waals surface area contributed by atoms with E-state index in [0.29, 0.717) is 5.92 Å². The zero-order chi connectivity index (χ0) is 15.8. The van der Waals surface area contributed by atoms with Crippen LogP contribution in [0.25, 0.3) is 0 Å². The van der Waals surface area contributed by atoms with Crippen molar-refractivity contribution >= 4 is 31.5 Å². The first-order chi connectivity index (χ1) is 9.61. The van der Waals surface area contributed by atoms with Crippen LogP contribution in [0, 0.1) is 0 Å². The first-order valence-corrected chi connectivity index (χ1v) is 10.3. The highest BCUT2D eigenvalue weighted by Gasteiger charge is 2.38. The number of rotatable bonds is 4. The van der Waals surface area contributed by atoms with Crippen molar-refractivity contribution in [3.05, 3.63) is 29.8 Å². The van der Waals surface area contributed by atoms with Gasteiger partial charge in [0.2, 0.25) is 10.0 Å². The fraction of sp³-hybridized carbons (Fsp3) is 0.538. The Kier molecular flexibility index (Phi) is 4.68. The third kappa shape index (κ3) is 3.97. The first kappa shape index (κ1) is 16.7. The van der Waals surface area contributed by atoms with Crippen LogP contribution in [0.5, 0.6) is 0 Å². The van der Waals surface area contributed by atoms with Gasteiger partial charge in [-0.05, 0) is 23.6 Å². The second-order valence-electron chi connectivity index (χ2n) is 5.54. The van der Waals surface area contributed by atoms with E-state index in [1.807, 2.05) is 13.8 Å². The molecule has 0 bridgehead atoms. The minimum Gasteiger partial charge on any atom is -0.229 e. The van der Waals surface area contributed by atoms with Crippen molar-refractivity contribution in [1.82, 2.24) is 4.72 Å². The summed E-state index contributed by atoms with van der Waals surface area (Å²) in [5, 5.41) is -0.736. The molecule has 0 radical (unpaired) electrons. The van der Waals surface area contributed by atoms with E-state index in [0.717, 1.165) is 5.56 Å². The Morgan fingerprint density at radius 3 is 2.19 bits per heavy atom. The predicted molar refractivity (Wildman–Crippen MR) is 82.9 cm³/mol. The summed E-state index contributed by atoms with van der Waals surface area (Å²) in [4.78, 5) is 0.111. The average molecular weight is 352 g/mol. The Balaban J connectivity index is 2.19. The summed E-state index contributed by atoms with van der Waals surface area (Å²) in [6.07, 6.45) is 0. The normalized spacial score (nSPS) is 25.3. The molecule has 1 aliphatic rings. The van der Waals surface area contributed by atoms with Crippen LogP contribution in [-0.2, 0) is 19.9 Å². The monoisotopic (exact) mass is 351 g/mol. The van der Waals surface area contributed by atoms with Crippen LogP contribution in [0.4, 0.5) is 0 Å². The smallest absolute Gasteiger partial charge is 0.229 e. The minimum atomic E-state index is -3.77. The summed E-state index contributed by atoms with van der Waals surface area (Å²) in [5.41, 5.74) is 1.03. The van der Waals surface area contributed by atoms with Gasteiger partial charge in [0, 0.05) is 0 Å². The lowest BCUT2D eigenvalue weighted by atomic mass is 10.0. The molecule has 8 heteroatoms. The summed E-state index contributed by atoms with van der Waals surface area (Å²) >= 11 is 5.92. The molecule has 118 valence electrons. The zero-order valence-electron chi connectivity index (χ0n) is 11.8. The fourth-order valence-electron chi connectivity index (χ4n) is 2.21. The number of sulfone groups is 1. The van der Waals surface area contributed by atoms with Crippen molar-refractivity contribution < 1.29 is 16.8 Å². The van der Waals surface area contributed by atoms with Gasteiger partial charge in [0.15, 0.2) is 9.84 Å². The fourth-order valence-corrected chi connectivity index (χ4v) is 6.22. The van der Waals surface area contributed by atoms with Crippen molar-refractivity contribution in [2.45, 2.75) is 36.1 Å². The van der Waals surface area contributed by atoms with E-state index in [4.69, 9.17) is 11.6 Å². The third-order valence-electron chi connectivity index (χ3n) is 3.45. The van der Waals surface area contributed by atoms with Gasteiger partial charge >= 0.3 is 0 Å². The first-order valence-electron chi connectivity index (χ1n) is 6.57. The SMILES string of the molecule is CC(C)c1ccc(S(=O)(=O)N[C@@H]2CS(=O)(=O)C[C@H]2Cl)cc1. The predicted octanol–water partition coefficient (Wildman–Crippen LogP) is 1.49. The molecule has 1 aliphatic heterocycles. The lowest BCUT2D eigenvalue weighted by molar-refractivity contribution is 0.563. The molecular formula is C13H18ClNO4S2. The minimum absolute atomic E-state index is 0.111. The Bertz CT molecular complexity index is 711. The number of hydrogen-bond donors (Lipinski definition) is 1. The van der Waals surface area contributed by atoms with E-state index in [-0.39, 0.29) is 16.4 Å². The molecule has 2 rings (SSSR count). The van der Waals surface area contributed by atoms with Crippen LogP contribution in [0.2, 0.25) is 0 Å². The number of nitrogens with one attached hydrogen (secondary N) is 1. The summed E-state index contributed by atoms with van der Waals surface area (Å²) < 4.78 is 49.9. The Morgan fingerprint density at radius 1 is 1.19 bits per heavy atom. The van der Waals surface area contributed by atoms with Crippen LogP contribution in [0.3, 0.4) is 0 Å². The van der Waals surface area contributed by atoms with Crippen LogP contribution < -0.4 is 4.72 Å². The Labute approximate surface area is 130 Å². The Morgan fingerprint density at radius 2 is 1.76 bits per heavy atom. The molecule has 21 heavy (non-hydrogen) atoms. The van der Waals surface area contributed by atoms with Crippen LogP contribution in [-0.4, -0.2) is 39.8 Å². The lowest BCUT2D eigenvalue weighted by Gasteiger charge is -2.15. The van der Waals surface area contributed by atoms with E-state index in [2.05, 4.69) is 4.72 Å². The highest BCUT2D eigenvalue weighted by Crippen LogP contribution is 2.21. The van der Waals surface area contributed by atoms with Crippen LogP contribution in [0.1, 0.15) is 25.3 Å².